The zero-order chi connectivity index (χ0) is 8.88. The number of rotatable bonds is 1. The van der Waals surface area contributed by atoms with Crippen LogP contribution in [0.5, 0.6) is 0 Å². The zero-order valence-electron chi connectivity index (χ0n) is 6.62. The van der Waals surface area contributed by atoms with E-state index < -0.39 is 36.6 Å². The van der Waals surface area contributed by atoms with E-state index in [0.29, 0.717) is 0 Å². The Morgan fingerprint density at radius 3 is 2.08 bits per heavy atom. The number of hydrogen-bond donors (Lipinski definition) is 3. The normalized spacial score (nSPS) is 58.0. The van der Waals surface area contributed by atoms with Crippen LogP contribution in [0.1, 0.15) is 0 Å². The van der Waals surface area contributed by atoms with Gasteiger partial charge in [0.1, 0.15) is 36.6 Å². The summed E-state index contributed by atoms with van der Waals surface area (Å²) >= 11 is 0. The van der Waals surface area contributed by atoms with Crippen LogP contribution in [0.25, 0.3) is 0 Å². The standard InChI is InChI=1S/C7H12O5/c1-11-6-4(10)5-2(8)3(9)7(6)12-5/h2-10H,1H3/t2-,3-,4+,5-,6+,7+/m0/s1. The Balaban J connectivity index is 2.18. The SMILES string of the molecule is CO[C@@H]1[C@H](O)[C@H]2O[C@@H]1[C@@H](O)[C@@H]2O. The number of fused-ring (bicyclic) bond motifs is 2. The Morgan fingerprint density at radius 1 is 1.00 bits per heavy atom. The average Bonchev–Trinajstić information content (AvgIpc) is 2.51. The molecule has 2 rings (SSSR count). The van der Waals surface area contributed by atoms with E-state index in [9.17, 15) is 15.3 Å². The van der Waals surface area contributed by atoms with Gasteiger partial charge in [0, 0.05) is 7.11 Å². The number of hydrogen-bond acceptors (Lipinski definition) is 5. The van der Waals surface area contributed by atoms with Crippen molar-refractivity contribution >= 4 is 0 Å². The van der Waals surface area contributed by atoms with Crippen molar-refractivity contribution in [2.45, 2.75) is 36.6 Å². The average molecular weight is 176 g/mol. The highest BCUT2D eigenvalue weighted by Gasteiger charge is 2.59. The molecule has 0 aromatic rings. The summed E-state index contributed by atoms with van der Waals surface area (Å²) in [4.78, 5) is 0. The first-order chi connectivity index (χ1) is 5.66. The molecule has 12 heavy (non-hydrogen) atoms. The fourth-order valence-electron chi connectivity index (χ4n) is 1.94. The van der Waals surface area contributed by atoms with Crippen LogP contribution in [-0.2, 0) is 9.47 Å². The van der Waals surface area contributed by atoms with Gasteiger partial charge in [0.25, 0.3) is 0 Å². The van der Waals surface area contributed by atoms with Crippen molar-refractivity contribution in [2.24, 2.45) is 0 Å². The summed E-state index contributed by atoms with van der Waals surface area (Å²) < 4.78 is 10.1. The van der Waals surface area contributed by atoms with Gasteiger partial charge in [0.05, 0.1) is 0 Å². The summed E-state index contributed by atoms with van der Waals surface area (Å²) in [6, 6.07) is 0. The Bertz CT molecular complexity index is 183. The Labute approximate surface area is 69.5 Å². The van der Waals surface area contributed by atoms with Crippen molar-refractivity contribution in [1.82, 2.24) is 0 Å². The summed E-state index contributed by atoms with van der Waals surface area (Å²) in [6.45, 7) is 0. The lowest BCUT2D eigenvalue weighted by molar-refractivity contribution is -0.0949. The van der Waals surface area contributed by atoms with Gasteiger partial charge in [0.15, 0.2) is 0 Å². The first-order valence-corrected chi connectivity index (χ1v) is 3.89. The van der Waals surface area contributed by atoms with Crippen LogP contribution in [0, 0.1) is 0 Å². The second-order valence-corrected chi connectivity index (χ2v) is 3.24. The molecule has 0 aromatic heterocycles. The van der Waals surface area contributed by atoms with E-state index in [1.165, 1.54) is 7.11 Å². The number of aliphatic hydroxyl groups excluding tert-OH is 3. The molecule has 0 saturated carbocycles. The second-order valence-electron chi connectivity index (χ2n) is 3.24. The van der Waals surface area contributed by atoms with Crippen LogP contribution in [0.3, 0.4) is 0 Å². The van der Waals surface area contributed by atoms with Gasteiger partial charge < -0.3 is 24.8 Å². The van der Waals surface area contributed by atoms with Crippen molar-refractivity contribution in [3.8, 4) is 0 Å². The molecule has 2 aliphatic heterocycles. The fourth-order valence-corrected chi connectivity index (χ4v) is 1.94. The molecule has 5 nitrogen and oxygen atoms in total. The second kappa shape index (κ2) is 2.65. The number of methoxy groups -OCH3 is 1. The molecule has 2 aliphatic rings. The minimum atomic E-state index is -0.989. The highest BCUT2D eigenvalue weighted by atomic mass is 16.6. The molecule has 2 saturated heterocycles. The molecule has 2 heterocycles. The molecule has 3 N–H and O–H groups in total. The van der Waals surface area contributed by atoms with Gasteiger partial charge in [-0.05, 0) is 0 Å². The quantitative estimate of drug-likeness (QED) is 0.425. The summed E-state index contributed by atoms with van der Waals surface area (Å²) in [7, 11) is 1.44. The Hall–Kier alpha value is -0.200. The van der Waals surface area contributed by atoms with E-state index in [1.807, 2.05) is 0 Å². The zero-order valence-corrected chi connectivity index (χ0v) is 6.62. The maximum atomic E-state index is 9.45. The van der Waals surface area contributed by atoms with Gasteiger partial charge in [-0.25, -0.2) is 0 Å². The Morgan fingerprint density at radius 2 is 1.58 bits per heavy atom. The maximum absolute atomic E-state index is 9.45. The van der Waals surface area contributed by atoms with Gasteiger partial charge in [-0.3, -0.25) is 0 Å². The van der Waals surface area contributed by atoms with Crippen molar-refractivity contribution in [1.29, 1.82) is 0 Å². The van der Waals surface area contributed by atoms with E-state index in [-0.39, 0.29) is 0 Å². The fraction of sp³-hybridized carbons (Fsp3) is 1.00. The van der Waals surface area contributed by atoms with Crippen LogP contribution >= 0.6 is 0 Å². The maximum Gasteiger partial charge on any atom is 0.115 e. The van der Waals surface area contributed by atoms with E-state index >= 15 is 0 Å². The lowest BCUT2D eigenvalue weighted by Gasteiger charge is -2.29. The molecule has 0 unspecified atom stereocenters. The highest BCUT2D eigenvalue weighted by molar-refractivity contribution is 5.07. The van der Waals surface area contributed by atoms with Crippen LogP contribution in [0.2, 0.25) is 0 Å². The van der Waals surface area contributed by atoms with Gasteiger partial charge in [-0.2, -0.15) is 0 Å². The molecule has 6 atom stereocenters. The van der Waals surface area contributed by atoms with Gasteiger partial charge >= 0.3 is 0 Å². The summed E-state index contributed by atoms with van der Waals surface area (Å²) in [5.74, 6) is 0. The third kappa shape index (κ3) is 0.855. The van der Waals surface area contributed by atoms with E-state index in [4.69, 9.17) is 9.47 Å². The van der Waals surface area contributed by atoms with Crippen molar-refractivity contribution in [2.75, 3.05) is 7.11 Å². The topological polar surface area (TPSA) is 79.2 Å². The molecular weight excluding hydrogens is 164 g/mol. The van der Waals surface area contributed by atoms with Crippen molar-refractivity contribution in [3.63, 3.8) is 0 Å². The number of aliphatic hydroxyl groups is 3. The van der Waals surface area contributed by atoms with Crippen LogP contribution < -0.4 is 0 Å². The molecule has 70 valence electrons. The largest absolute Gasteiger partial charge is 0.387 e. The molecular formula is C7H12O5. The number of ether oxygens (including phenoxy) is 2. The summed E-state index contributed by atoms with van der Waals surface area (Å²) in [5, 5.41) is 28.1. The van der Waals surface area contributed by atoms with Crippen LogP contribution in [-0.4, -0.2) is 59.1 Å². The lowest BCUT2D eigenvalue weighted by atomic mass is 9.90. The molecule has 0 amide bonds. The smallest absolute Gasteiger partial charge is 0.115 e. The third-order valence-electron chi connectivity index (χ3n) is 2.61. The molecule has 2 fully saturated rings. The summed E-state index contributed by atoms with van der Waals surface area (Å²) in [6.07, 6.45) is -4.58. The molecule has 2 bridgehead atoms. The molecule has 0 aliphatic carbocycles. The monoisotopic (exact) mass is 176 g/mol. The molecule has 5 heteroatoms. The van der Waals surface area contributed by atoms with Gasteiger partial charge in [-0.1, -0.05) is 0 Å². The minimum Gasteiger partial charge on any atom is -0.387 e. The first-order valence-electron chi connectivity index (χ1n) is 3.89. The van der Waals surface area contributed by atoms with Crippen molar-refractivity contribution in [3.05, 3.63) is 0 Å². The van der Waals surface area contributed by atoms with Crippen molar-refractivity contribution < 1.29 is 24.8 Å². The first kappa shape index (κ1) is 8.40. The molecule has 0 aromatic carbocycles. The summed E-state index contributed by atoms with van der Waals surface area (Å²) in [5.41, 5.74) is 0. The van der Waals surface area contributed by atoms with E-state index in [2.05, 4.69) is 0 Å². The highest BCUT2D eigenvalue weighted by Crippen LogP contribution is 2.36. The van der Waals surface area contributed by atoms with E-state index in [1.54, 1.807) is 0 Å². The van der Waals surface area contributed by atoms with Gasteiger partial charge in [-0.15, -0.1) is 0 Å². The predicted octanol–water partition coefficient (Wildman–Crippen LogP) is -2.13. The minimum absolute atomic E-state index is 0.520. The van der Waals surface area contributed by atoms with E-state index in [0.717, 1.165) is 0 Å². The lowest BCUT2D eigenvalue weighted by Crippen LogP contribution is -2.52. The molecule has 0 spiro atoms. The van der Waals surface area contributed by atoms with Crippen LogP contribution in [0.4, 0.5) is 0 Å². The molecule has 0 radical (unpaired) electrons. The third-order valence-corrected chi connectivity index (χ3v) is 2.61. The Kier molecular flexibility index (Phi) is 1.85. The van der Waals surface area contributed by atoms with Gasteiger partial charge in [0.2, 0.25) is 0 Å². The predicted molar refractivity (Wildman–Crippen MR) is 37.5 cm³/mol. The van der Waals surface area contributed by atoms with Crippen LogP contribution in [0.15, 0.2) is 0 Å².